The van der Waals surface area contributed by atoms with E-state index < -0.39 is 0 Å². The molecule has 2 heterocycles. The number of ketones is 1. The highest BCUT2D eigenvalue weighted by Crippen LogP contribution is 2.27. The molecule has 2 aliphatic rings. The number of benzene rings is 1. The van der Waals surface area contributed by atoms with E-state index in [9.17, 15) is 4.79 Å². The van der Waals surface area contributed by atoms with Gasteiger partial charge >= 0.3 is 0 Å². The van der Waals surface area contributed by atoms with Gasteiger partial charge in [-0.25, -0.2) is 9.97 Å². The molecule has 27 heavy (non-hydrogen) atoms. The summed E-state index contributed by atoms with van der Waals surface area (Å²) >= 11 is 0. The highest BCUT2D eigenvalue weighted by molar-refractivity contribution is 5.98. The summed E-state index contributed by atoms with van der Waals surface area (Å²) in [5, 5.41) is 0. The Morgan fingerprint density at radius 2 is 1.89 bits per heavy atom. The largest absolute Gasteiger partial charge is 0.338 e. The lowest BCUT2D eigenvalue weighted by Crippen LogP contribution is -2.46. The Kier molecular flexibility index (Phi) is 5.30. The van der Waals surface area contributed by atoms with E-state index in [-0.39, 0.29) is 11.7 Å². The minimum Gasteiger partial charge on any atom is -0.338 e. The van der Waals surface area contributed by atoms with Gasteiger partial charge in [0, 0.05) is 38.8 Å². The summed E-state index contributed by atoms with van der Waals surface area (Å²) in [7, 11) is 0. The van der Waals surface area contributed by atoms with Crippen LogP contribution in [0, 0.1) is 5.92 Å². The van der Waals surface area contributed by atoms with Crippen LogP contribution >= 0.6 is 0 Å². The molecule has 0 saturated carbocycles. The first kappa shape index (κ1) is 17.9. The molecule has 0 bridgehead atoms. The van der Waals surface area contributed by atoms with E-state index >= 15 is 0 Å². The first-order valence-corrected chi connectivity index (χ1v) is 9.82. The zero-order valence-electron chi connectivity index (χ0n) is 15.8. The third kappa shape index (κ3) is 4.08. The van der Waals surface area contributed by atoms with E-state index in [1.807, 2.05) is 18.2 Å². The molecule has 2 aromatic rings. The van der Waals surface area contributed by atoms with E-state index in [1.165, 1.54) is 0 Å². The molecule has 0 amide bonds. The van der Waals surface area contributed by atoms with Gasteiger partial charge in [-0.2, -0.15) is 0 Å². The van der Waals surface area contributed by atoms with Crippen LogP contribution in [0.1, 0.15) is 35.0 Å². The van der Waals surface area contributed by atoms with Gasteiger partial charge in [-0.05, 0) is 24.4 Å². The number of likely N-dealkylation sites (N-methyl/N-ethyl adjacent to an activating group) is 1. The Balaban J connectivity index is 1.49. The average molecular weight is 362 g/mol. The van der Waals surface area contributed by atoms with Gasteiger partial charge in [0.2, 0.25) is 5.95 Å². The van der Waals surface area contributed by atoms with Crippen molar-refractivity contribution in [2.45, 2.75) is 19.8 Å². The maximum atomic E-state index is 12.5. The second kappa shape index (κ2) is 8.01. The van der Waals surface area contributed by atoms with E-state index in [4.69, 9.17) is 4.98 Å². The monoisotopic (exact) mass is 362 g/mol. The van der Waals surface area contributed by atoms with Crippen molar-refractivity contribution in [3.8, 4) is 0 Å². The Bertz CT molecular complexity index is 825. The molecular formula is C22H26N4O. The van der Waals surface area contributed by atoms with Gasteiger partial charge in [0.1, 0.15) is 0 Å². The summed E-state index contributed by atoms with van der Waals surface area (Å²) in [4.78, 5) is 26.5. The Hall–Kier alpha value is -2.53. The minimum absolute atomic E-state index is 0.154. The van der Waals surface area contributed by atoms with Crippen LogP contribution in [0.3, 0.4) is 0 Å². The second-order valence-corrected chi connectivity index (χ2v) is 7.31. The predicted molar refractivity (Wildman–Crippen MR) is 108 cm³/mol. The molecule has 0 unspecified atom stereocenters. The van der Waals surface area contributed by atoms with Crippen LogP contribution in [0.25, 0.3) is 6.08 Å². The number of rotatable bonds is 4. The summed E-state index contributed by atoms with van der Waals surface area (Å²) in [5.74, 6) is 1.12. The highest BCUT2D eigenvalue weighted by Gasteiger charge is 2.27. The lowest BCUT2D eigenvalue weighted by Gasteiger charge is -2.34. The first-order chi connectivity index (χ1) is 13.2. The minimum atomic E-state index is 0.154. The fourth-order valence-electron chi connectivity index (χ4n) is 3.83. The predicted octanol–water partition coefficient (Wildman–Crippen LogP) is 3.08. The van der Waals surface area contributed by atoms with Crippen LogP contribution in [0.4, 0.5) is 5.95 Å². The van der Waals surface area contributed by atoms with Gasteiger partial charge in [0.15, 0.2) is 5.78 Å². The van der Waals surface area contributed by atoms with Crippen LogP contribution in [0.15, 0.2) is 42.6 Å². The van der Waals surface area contributed by atoms with Gasteiger partial charge in [-0.1, -0.05) is 49.4 Å². The number of Topliss-reactive ketones (excluding diaryl/α,β-unsaturated/α-hetero) is 1. The van der Waals surface area contributed by atoms with Crippen LogP contribution in [-0.2, 0) is 6.42 Å². The van der Waals surface area contributed by atoms with E-state index in [0.717, 1.165) is 56.4 Å². The molecular weight excluding hydrogens is 336 g/mol. The molecule has 5 heteroatoms. The lowest BCUT2D eigenvalue weighted by atomic mass is 9.86. The van der Waals surface area contributed by atoms with Crippen LogP contribution in [0.2, 0.25) is 0 Å². The van der Waals surface area contributed by atoms with Crippen LogP contribution in [-0.4, -0.2) is 53.4 Å². The SMILES string of the molecule is CCN1CCN(c2ncc3c(n2)C[C@@H](/C=C/c2ccccc2)CC3=O)CC1. The lowest BCUT2D eigenvalue weighted by molar-refractivity contribution is 0.0957. The van der Waals surface area contributed by atoms with Crippen molar-refractivity contribution in [2.75, 3.05) is 37.6 Å². The maximum Gasteiger partial charge on any atom is 0.225 e. The van der Waals surface area contributed by atoms with Crippen molar-refractivity contribution < 1.29 is 4.79 Å². The Morgan fingerprint density at radius 3 is 2.63 bits per heavy atom. The van der Waals surface area contributed by atoms with Crippen molar-refractivity contribution in [1.29, 1.82) is 0 Å². The smallest absolute Gasteiger partial charge is 0.225 e. The second-order valence-electron chi connectivity index (χ2n) is 7.31. The normalized spacial score (nSPS) is 20.9. The van der Waals surface area contributed by atoms with Gasteiger partial charge in [-0.15, -0.1) is 0 Å². The van der Waals surface area contributed by atoms with Crippen LogP contribution in [0.5, 0.6) is 0 Å². The molecule has 0 spiro atoms. The molecule has 4 rings (SSSR count). The number of carbonyl (C=O) groups excluding carboxylic acids is 1. The number of nitrogens with zero attached hydrogens (tertiary/aromatic N) is 4. The third-order valence-corrected chi connectivity index (χ3v) is 5.52. The van der Waals surface area contributed by atoms with Crippen molar-refractivity contribution in [3.63, 3.8) is 0 Å². The van der Waals surface area contributed by atoms with Crippen molar-refractivity contribution >= 4 is 17.8 Å². The number of allylic oxidation sites excluding steroid dienone is 1. The zero-order valence-corrected chi connectivity index (χ0v) is 15.8. The zero-order chi connectivity index (χ0) is 18.6. The Morgan fingerprint density at radius 1 is 1.11 bits per heavy atom. The molecule has 1 aromatic carbocycles. The number of aromatic nitrogens is 2. The summed E-state index contributed by atoms with van der Waals surface area (Å²) in [6.07, 6.45) is 7.33. The topological polar surface area (TPSA) is 49.3 Å². The standard InChI is InChI=1S/C22H26N4O/c1-2-25-10-12-26(13-11-25)22-23-16-19-20(24-22)14-18(15-21(19)27)9-8-17-6-4-3-5-7-17/h3-9,16,18H,2,10-15H2,1H3/b9-8+/t18-/m1/s1. The van der Waals surface area contributed by atoms with Crippen molar-refractivity contribution in [1.82, 2.24) is 14.9 Å². The molecule has 140 valence electrons. The van der Waals surface area contributed by atoms with E-state index in [1.54, 1.807) is 6.20 Å². The molecule has 1 saturated heterocycles. The maximum absolute atomic E-state index is 12.5. The third-order valence-electron chi connectivity index (χ3n) is 5.52. The van der Waals surface area contributed by atoms with Crippen LogP contribution < -0.4 is 4.90 Å². The van der Waals surface area contributed by atoms with Gasteiger partial charge < -0.3 is 9.80 Å². The van der Waals surface area contributed by atoms with E-state index in [2.05, 4.69) is 46.0 Å². The summed E-state index contributed by atoms with van der Waals surface area (Å²) in [6.45, 7) is 7.25. The molecule has 0 N–H and O–H groups in total. The van der Waals surface area contributed by atoms with Crippen molar-refractivity contribution in [3.05, 3.63) is 59.4 Å². The van der Waals surface area contributed by atoms with Crippen molar-refractivity contribution in [2.24, 2.45) is 5.92 Å². The van der Waals surface area contributed by atoms with Gasteiger partial charge in [0.25, 0.3) is 0 Å². The highest BCUT2D eigenvalue weighted by atomic mass is 16.1. The summed E-state index contributed by atoms with van der Waals surface area (Å²) in [5.41, 5.74) is 2.76. The van der Waals surface area contributed by atoms with Gasteiger partial charge in [-0.3, -0.25) is 4.79 Å². The number of hydrogen-bond acceptors (Lipinski definition) is 5. The molecule has 1 aliphatic heterocycles. The summed E-state index contributed by atoms with van der Waals surface area (Å²) < 4.78 is 0. The fraction of sp³-hybridized carbons (Fsp3) is 0.409. The fourth-order valence-corrected chi connectivity index (χ4v) is 3.83. The molecule has 1 aromatic heterocycles. The molecule has 1 fully saturated rings. The number of anilines is 1. The molecule has 0 radical (unpaired) electrons. The first-order valence-electron chi connectivity index (χ1n) is 9.82. The summed E-state index contributed by atoms with van der Waals surface area (Å²) in [6, 6.07) is 10.2. The Labute approximate surface area is 160 Å². The number of carbonyl (C=O) groups is 1. The quantitative estimate of drug-likeness (QED) is 0.837. The molecule has 1 atom stereocenters. The average Bonchev–Trinajstić information content (AvgIpc) is 2.73. The van der Waals surface area contributed by atoms with E-state index in [0.29, 0.717) is 12.0 Å². The number of fused-ring (bicyclic) bond motifs is 1. The molecule has 1 aliphatic carbocycles. The molecule has 5 nitrogen and oxygen atoms in total. The number of piperazine rings is 1. The van der Waals surface area contributed by atoms with Gasteiger partial charge in [0.05, 0.1) is 11.3 Å². The number of hydrogen-bond donors (Lipinski definition) is 0.